The lowest BCUT2D eigenvalue weighted by atomic mass is 9.96. The molecule has 2 unspecified atom stereocenters. The minimum absolute atomic E-state index is 0.125. The SMILES string of the molecule is CCc1nc(N2CCC(C)C(O)C2)cc(=O)[nH]1. The molecule has 94 valence electrons. The van der Waals surface area contributed by atoms with E-state index in [9.17, 15) is 9.90 Å². The Balaban J connectivity index is 2.22. The highest BCUT2D eigenvalue weighted by Crippen LogP contribution is 2.20. The lowest BCUT2D eigenvalue weighted by Gasteiger charge is -2.35. The van der Waals surface area contributed by atoms with Crippen LogP contribution in [0.25, 0.3) is 0 Å². The molecule has 1 fully saturated rings. The first-order valence-corrected chi connectivity index (χ1v) is 6.13. The Morgan fingerprint density at radius 3 is 3.06 bits per heavy atom. The number of nitrogens with zero attached hydrogens (tertiary/aromatic N) is 2. The predicted molar refractivity (Wildman–Crippen MR) is 66.2 cm³/mol. The molecule has 1 saturated heterocycles. The number of β-amino-alcohol motifs (C(OH)–C–C–N with tert-alkyl or cyclic N) is 1. The molecule has 2 atom stereocenters. The summed E-state index contributed by atoms with van der Waals surface area (Å²) in [5, 5.41) is 9.85. The summed E-state index contributed by atoms with van der Waals surface area (Å²) in [6.45, 7) is 5.40. The highest BCUT2D eigenvalue weighted by Gasteiger charge is 2.25. The van der Waals surface area contributed by atoms with Gasteiger partial charge < -0.3 is 15.0 Å². The van der Waals surface area contributed by atoms with Crippen molar-refractivity contribution in [1.29, 1.82) is 0 Å². The van der Waals surface area contributed by atoms with E-state index >= 15 is 0 Å². The fourth-order valence-corrected chi connectivity index (χ4v) is 2.08. The normalized spacial score (nSPS) is 25.0. The molecule has 1 aromatic heterocycles. The lowest BCUT2D eigenvalue weighted by molar-refractivity contribution is 0.102. The number of H-pyrrole nitrogens is 1. The van der Waals surface area contributed by atoms with E-state index in [0.717, 1.165) is 13.0 Å². The molecule has 5 nitrogen and oxygen atoms in total. The number of hydrogen-bond donors (Lipinski definition) is 2. The molecule has 1 aliphatic heterocycles. The van der Waals surface area contributed by atoms with E-state index in [1.54, 1.807) is 0 Å². The van der Waals surface area contributed by atoms with Gasteiger partial charge in [0, 0.05) is 25.6 Å². The largest absolute Gasteiger partial charge is 0.391 e. The smallest absolute Gasteiger partial charge is 0.252 e. The van der Waals surface area contributed by atoms with Gasteiger partial charge >= 0.3 is 0 Å². The van der Waals surface area contributed by atoms with Gasteiger partial charge in [0.25, 0.3) is 5.56 Å². The van der Waals surface area contributed by atoms with Gasteiger partial charge in [-0.25, -0.2) is 4.98 Å². The van der Waals surface area contributed by atoms with E-state index < -0.39 is 0 Å². The van der Waals surface area contributed by atoms with Gasteiger partial charge in [-0.05, 0) is 12.3 Å². The molecule has 0 saturated carbocycles. The summed E-state index contributed by atoms with van der Waals surface area (Å²) in [7, 11) is 0. The molecule has 5 heteroatoms. The van der Waals surface area contributed by atoms with Crippen LogP contribution in [-0.4, -0.2) is 34.3 Å². The third kappa shape index (κ3) is 2.66. The molecule has 2 N–H and O–H groups in total. The monoisotopic (exact) mass is 237 g/mol. The van der Waals surface area contributed by atoms with Crippen molar-refractivity contribution in [1.82, 2.24) is 9.97 Å². The Labute approximate surface area is 100 Å². The van der Waals surface area contributed by atoms with Gasteiger partial charge in [-0.2, -0.15) is 0 Å². The Morgan fingerprint density at radius 2 is 2.41 bits per heavy atom. The van der Waals surface area contributed by atoms with E-state index in [1.807, 2.05) is 18.7 Å². The van der Waals surface area contributed by atoms with Crippen molar-refractivity contribution in [2.45, 2.75) is 32.8 Å². The highest BCUT2D eigenvalue weighted by molar-refractivity contribution is 5.38. The van der Waals surface area contributed by atoms with Crippen LogP contribution < -0.4 is 10.5 Å². The fraction of sp³-hybridized carbons (Fsp3) is 0.667. The average molecular weight is 237 g/mol. The molecule has 0 radical (unpaired) electrons. The molecule has 0 aliphatic carbocycles. The van der Waals surface area contributed by atoms with Crippen LogP contribution in [0.2, 0.25) is 0 Å². The summed E-state index contributed by atoms with van der Waals surface area (Å²) < 4.78 is 0. The van der Waals surface area contributed by atoms with Gasteiger partial charge in [0.2, 0.25) is 0 Å². The third-order valence-electron chi connectivity index (χ3n) is 3.35. The number of aromatic nitrogens is 2. The quantitative estimate of drug-likeness (QED) is 0.787. The van der Waals surface area contributed by atoms with Gasteiger partial charge in [0.05, 0.1) is 6.10 Å². The maximum absolute atomic E-state index is 11.5. The van der Waals surface area contributed by atoms with Crippen molar-refractivity contribution in [2.75, 3.05) is 18.0 Å². The van der Waals surface area contributed by atoms with Crippen molar-refractivity contribution in [2.24, 2.45) is 5.92 Å². The Hall–Kier alpha value is -1.36. The van der Waals surface area contributed by atoms with Crippen LogP contribution in [0.15, 0.2) is 10.9 Å². The van der Waals surface area contributed by atoms with E-state index in [4.69, 9.17) is 0 Å². The molecule has 17 heavy (non-hydrogen) atoms. The minimum atomic E-state index is -0.338. The average Bonchev–Trinajstić information content (AvgIpc) is 2.32. The number of aliphatic hydroxyl groups excluding tert-OH is 1. The number of aliphatic hydroxyl groups is 1. The van der Waals surface area contributed by atoms with Crippen LogP contribution in [0.4, 0.5) is 5.82 Å². The first-order valence-electron chi connectivity index (χ1n) is 6.13. The standard InChI is InChI=1S/C12H19N3O2/c1-3-10-13-11(6-12(17)14-10)15-5-4-8(2)9(16)7-15/h6,8-9,16H,3-5,7H2,1-2H3,(H,13,14,17). The predicted octanol–water partition coefficient (Wildman–Crippen LogP) is 0.539. The Morgan fingerprint density at radius 1 is 1.65 bits per heavy atom. The van der Waals surface area contributed by atoms with Crippen LogP contribution in [0.3, 0.4) is 0 Å². The number of anilines is 1. The van der Waals surface area contributed by atoms with Gasteiger partial charge in [-0.15, -0.1) is 0 Å². The summed E-state index contributed by atoms with van der Waals surface area (Å²) >= 11 is 0. The summed E-state index contributed by atoms with van der Waals surface area (Å²) in [6, 6.07) is 1.50. The van der Waals surface area contributed by atoms with E-state index in [0.29, 0.717) is 30.5 Å². The van der Waals surface area contributed by atoms with Crippen LogP contribution in [0, 0.1) is 5.92 Å². The molecular weight excluding hydrogens is 218 g/mol. The van der Waals surface area contributed by atoms with Gasteiger partial charge in [0.15, 0.2) is 0 Å². The molecule has 0 aromatic carbocycles. The topological polar surface area (TPSA) is 69.2 Å². The number of aryl methyl sites for hydroxylation is 1. The fourth-order valence-electron chi connectivity index (χ4n) is 2.08. The van der Waals surface area contributed by atoms with Crippen LogP contribution >= 0.6 is 0 Å². The molecule has 1 aliphatic rings. The first kappa shape index (κ1) is 12.1. The van der Waals surface area contributed by atoms with E-state index in [-0.39, 0.29) is 11.7 Å². The second-order valence-corrected chi connectivity index (χ2v) is 4.68. The van der Waals surface area contributed by atoms with Crippen molar-refractivity contribution in [3.8, 4) is 0 Å². The van der Waals surface area contributed by atoms with Gasteiger partial charge in [-0.1, -0.05) is 13.8 Å². The van der Waals surface area contributed by atoms with E-state index in [2.05, 4.69) is 9.97 Å². The van der Waals surface area contributed by atoms with E-state index in [1.165, 1.54) is 6.07 Å². The number of nitrogens with one attached hydrogen (secondary N) is 1. The molecular formula is C12H19N3O2. The van der Waals surface area contributed by atoms with Crippen molar-refractivity contribution < 1.29 is 5.11 Å². The lowest BCUT2D eigenvalue weighted by Crippen LogP contribution is -2.43. The summed E-state index contributed by atoms with van der Waals surface area (Å²) in [5.41, 5.74) is -0.125. The maximum Gasteiger partial charge on any atom is 0.252 e. The Kier molecular flexibility index (Phi) is 3.47. The number of rotatable bonds is 2. The Bertz CT molecular complexity index is 444. The molecule has 0 bridgehead atoms. The molecule has 0 spiro atoms. The van der Waals surface area contributed by atoms with Crippen LogP contribution in [-0.2, 0) is 6.42 Å². The van der Waals surface area contributed by atoms with Crippen molar-refractivity contribution in [3.63, 3.8) is 0 Å². The summed E-state index contributed by atoms with van der Waals surface area (Å²) in [4.78, 5) is 20.6. The second kappa shape index (κ2) is 4.87. The minimum Gasteiger partial charge on any atom is -0.391 e. The number of piperidine rings is 1. The molecule has 0 amide bonds. The summed E-state index contributed by atoms with van der Waals surface area (Å²) in [6.07, 6.45) is 1.29. The molecule has 1 aromatic rings. The first-order chi connectivity index (χ1) is 8.10. The van der Waals surface area contributed by atoms with Gasteiger partial charge in [-0.3, -0.25) is 4.79 Å². The highest BCUT2D eigenvalue weighted by atomic mass is 16.3. The number of hydrogen-bond acceptors (Lipinski definition) is 4. The number of aromatic amines is 1. The van der Waals surface area contributed by atoms with Gasteiger partial charge in [0.1, 0.15) is 11.6 Å². The maximum atomic E-state index is 11.5. The summed E-state index contributed by atoms with van der Waals surface area (Å²) in [5.74, 6) is 1.69. The molecule has 2 rings (SSSR count). The third-order valence-corrected chi connectivity index (χ3v) is 3.35. The zero-order chi connectivity index (χ0) is 12.4. The second-order valence-electron chi connectivity index (χ2n) is 4.68. The zero-order valence-electron chi connectivity index (χ0n) is 10.3. The molecule has 2 heterocycles. The zero-order valence-corrected chi connectivity index (χ0v) is 10.3. The van der Waals surface area contributed by atoms with Crippen LogP contribution in [0.1, 0.15) is 26.1 Å². The van der Waals surface area contributed by atoms with Crippen LogP contribution in [0.5, 0.6) is 0 Å². The van der Waals surface area contributed by atoms with Crippen molar-refractivity contribution in [3.05, 3.63) is 22.2 Å². The van der Waals surface area contributed by atoms with Crippen molar-refractivity contribution >= 4 is 5.82 Å².